The molecule has 0 saturated heterocycles. The van der Waals surface area contributed by atoms with Crippen LogP contribution in [0.25, 0.3) is 0 Å². The zero-order chi connectivity index (χ0) is 15.2. The maximum Gasteiger partial charge on any atom is 0.251 e. The Kier molecular flexibility index (Phi) is 5.41. The second-order valence-corrected chi connectivity index (χ2v) is 6.93. The van der Waals surface area contributed by atoms with Gasteiger partial charge in [0, 0.05) is 18.3 Å². The summed E-state index contributed by atoms with van der Waals surface area (Å²) in [5, 5.41) is 7.18. The zero-order valence-corrected chi connectivity index (χ0v) is 13.4. The minimum Gasteiger partial charge on any atom is -0.355 e. The first-order valence-corrected chi connectivity index (χ1v) is 8.19. The quantitative estimate of drug-likeness (QED) is 0.832. The van der Waals surface area contributed by atoms with Crippen molar-refractivity contribution in [3.05, 3.63) is 47.3 Å². The number of carbonyl (C=O) groups is 2. The van der Waals surface area contributed by atoms with Crippen molar-refractivity contribution in [2.24, 2.45) is 0 Å². The molecule has 110 valence electrons. The fraction of sp³-hybridized carbons (Fsp3) is 0.200. The lowest BCUT2D eigenvalue weighted by atomic mass is 10.2. The van der Waals surface area contributed by atoms with E-state index in [4.69, 9.17) is 0 Å². The molecule has 0 bridgehead atoms. The number of rotatable bonds is 5. The lowest BCUT2D eigenvalue weighted by molar-refractivity contribution is -0.115. The van der Waals surface area contributed by atoms with Crippen LogP contribution in [0.5, 0.6) is 0 Å². The van der Waals surface area contributed by atoms with Gasteiger partial charge in [-0.05, 0) is 36.6 Å². The van der Waals surface area contributed by atoms with Gasteiger partial charge in [0.15, 0.2) is 0 Å². The van der Waals surface area contributed by atoms with E-state index in [1.165, 1.54) is 11.8 Å². The van der Waals surface area contributed by atoms with E-state index in [1.54, 1.807) is 42.6 Å². The van der Waals surface area contributed by atoms with E-state index in [0.717, 1.165) is 4.21 Å². The molecule has 2 N–H and O–H groups in total. The monoisotopic (exact) mass is 320 g/mol. The minimum absolute atomic E-state index is 0.0811. The molecule has 0 radical (unpaired) electrons. The van der Waals surface area contributed by atoms with Crippen molar-refractivity contribution >= 4 is 40.6 Å². The van der Waals surface area contributed by atoms with Crippen LogP contribution in [0, 0.1) is 0 Å². The van der Waals surface area contributed by atoms with E-state index < -0.39 is 0 Å². The van der Waals surface area contributed by atoms with Crippen LogP contribution in [0.2, 0.25) is 0 Å². The third-order valence-corrected chi connectivity index (χ3v) is 4.95. The molecule has 2 aromatic rings. The molecule has 1 aromatic carbocycles. The Balaban J connectivity index is 2.00. The van der Waals surface area contributed by atoms with E-state index in [9.17, 15) is 9.59 Å². The van der Waals surface area contributed by atoms with E-state index in [-0.39, 0.29) is 17.1 Å². The molecule has 0 saturated carbocycles. The minimum atomic E-state index is -0.202. The van der Waals surface area contributed by atoms with Crippen LogP contribution in [0.4, 0.5) is 5.69 Å². The van der Waals surface area contributed by atoms with Crippen molar-refractivity contribution in [3.8, 4) is 0 Å². The molecule has 21 heavy (non-hydrogen) atoms. The van der Waals surface area contributed by atoms with E-state index >= 15 is 0 Å². The lowest BCUT2D eigenvalue weighted by Crippen LogP contribution is -2.23. The summed E-state index contributed by atoms with van der Waals surface area (Å²) in [4.78, 5) is 23.7. The van der Waals surface area contributed by atoms with E-state index in [0.29, 0.717) is 11.3 Å². The Morgan fingerprint density at radius 1 is 1.24 bits per heavy atom. The standard InChI is InChI=1S/C15H16N2O2S2/c1-10(21-13-7-4-8-20-13)14(18)17-12-6-3-5-11(9-12)15(19)16-2/h3-10H,1-2H3,(H,16,19)(H,17,18). The average molecular weight is 320 g/mol. The normalized spacial score (nSPS) is 11.7. The number of benzene rings is 1. The summed E-state index contributed by atoms with van der Waals surface area (Å²) in [6.07, 6.45) is 0. The smallest absolute Gasteiger partial charge is 0.251 e. The van der Waals surface area contributed by atoms with Crippen LogP contribution in [0.1, 0.15) is 17.3 Å². The predicted molar refractivity (Wildman–Crippen MR) is 88.1 cm³/mol. The van der Waals surface area contributed by atoms with Gasteiger partial charge in [-0.1, -0.05) is 12.1 Å². The average Bonchev–Trinajstić information content (AvgIpc) is 2.99. The summed E-state index contributed by atoms with van der Waals surface area (Å²) in [5.41, 5.74) is 1.15. The highest BCUT2D eigenvalue weighted by atomic mass is 32.2. The first-order chi connectivity index (χ1) is 10.1. The summed E-state index contributed by atoms with van der Waals surface area (Å²) in [5.74, 6) is -0.255. The Labute approximate surface area is 131 Å². The topological polar surface area (TPSA) is 58.2 Å². The molecule has 0 aliphatic heterocycles. The van der Waals surface area contributed by atoms with Crippen LogP contribution < -0.4 is 10.6 Å². The number of amides is 2. The van der Waals surface area contributed by atoms with Crippen LogP contribution in [0.3, 0.4) is 0 Å². The summed E-state index contributed by atoms with van der Waals surface area (Å²) < 4.78 is 1.11. The number of hydrogen-bond donors (Lipinski definition) is 2. The molecule has 0 spiro atoms. The number of hydrogen-bond acceptors (Lipinski definition) is 4. The zero-order valence-electron chi connectivity index (χ0n) is 11.8. The summed E-state index contributed by atoms with van der Waals surface area (Å²) in [6.45, 7) is 1.86. The van der Waals surface area contributed by atoms with Crippen LogP contribution in [-0.2, 0) is 4.79 Å². The molecule has 1 atom stereocenters. The molecule has 2 rings (SSSR count). The van der Waals surface area contributed by atoms with Gasteiger partial charge in [0.1, 0.15) is 0 Å². The third kappa shape index (κ3) is 4.34. The first kappa shape index (κ1) is 15.6. The molecule has 2 amide bonds. The van der Waals surface area contributed by atoms with Gasteiger partial charge in [-0.25, -0.2) is 0 Å². The molecule has 1 unspecified atom stereocenters. The lowest BCUT2D eigenvalue weighted by Gasteiger charge is -2.11. The Morgan fingerprint density at radius 2 is 2.05 bits per heavy atom. The fourth-order valence-electron chi connectivity index (χ4n) is 1.68. The number of thiophene rings is 1. The Hall–Kier alpha value is -1.79. The van der Waals surface area contributed by atoms with Crippen LogP contribution in [-0.4, -0.2) is 24.1 Å². The molecule has 0 aliphatic carbocycles. The molecule has 0 fully saturated rings. The number of thioether (sulfide) groups is 1. The Morgan fingerprint density at radius 3 is 2.71 bits per heavy atom. The summed E-state index contributed by atoms with van der Waals surface area (Å²) in [7, 11) is 1.58. The second kappa shape index (κ2) is 7.28. The molecule has 1 aromatic heterocycles. The van der Waals surface area contributed by atoms with Gasteiger partial charge in [0.05, 0.1) is 9.46 Å². The van der Waals surface area contributed by atoms with Crippen molar-refractivity contribution in [2.45, 2.75) is 16.4 Å². The highest BCUT2D eigenvalue weighted by Crippen LogP contribution is 2.28. The first-order valence-electron chi connectivity index (χ1n) is 6.43. The van der Waals surface area contributed by atoms with Gasteiger partial charge in [-0.15, -0.1) is 23.1 Å². The van der Waals surface area contributed by atoms with Gasteiger partial charge >= 0.3 is 0 Å². The van der Waals surface area contributed by atoms with E-state index in [2.05, 4.69) is 10.6 Å². The maximum atomic E-state index is 12.2. The molecule has 1 heterocycles. The largest absolute Gasteiger partial charge is 0.355 e. The van der Waals surface area contributed by atoms with Crippen LogP contribution in [0.15, 0.2) is 46.0 Å². The Bertz CT molecular complexity index is 626. The molecule has 6 heteroatoms. The van der Waals surface area contributed by atoms with Crippen molar-refractivity contribution < 1.29 is 9.59 Å². The van der Waals surface area contributed by atoms with Crippen molar-refractivity contribution in [3.63, 3.8) is 0 Å². The molecular formula is C15H16N2O2S2. The van der Waals surface area contributed by atoms with Gasteiger partial charge < -0.3 is 10.6 Å². The number of carbonyl (C=O) groups excluding carboxylic acids is 2. The number of anilines is 1. The van der Waals surface area contributed by atoms with Crippen LogP contribution >= 0.6 is 23.1 Å². The molecule has 0 aliphatic rings. The van der Waals surface area contributed by atoms with Gasteiger partial charge in [0.2, 0.25) is 5.91 Å². The van der Waals surface area contributed by atoms with Gasteiger partial charge in [-0.3, -0.25) is 9.59 Å². The van der Waals surface area contributed by atoms with Crippen molar-refractivity contribution in [1.82, 2.24) is 5.32 Å². The highest BCUT2D eigenvalue weighted by molar-refractivity contribution is 8.02. The summed E-state index contributed by atoms with van der Waals surface area (Å²) in [6, 6.07) is 10.8. The van der Waals surface area contributed by atoms with Gasteiger partial charge in [0.25, 0.3) is 5.91 Å². The van der Waals surface area contributed by atoms with Crippen molar-refractivity contribution in [2.75, 3.05) is 12.4 Å². The fourth-order valence-corrected chi connectivity index (χ4v) is 3.63. The predicted octanol–water partition coefficient (Wildman–Crippen LogP) is 3.23. The summed E-state index contributed by atoms with van der Waals surface area (Å²) >= 11 is 3.13. The SMILES string of the molecule is CNC(=O)c1cccc(NC(=O)C(C)Sc2cccs2)c1. The number of nitrogens with one attached hydrogen (secondary N) is 2. The highest BCUT2D eigenvalue weighted by Gasteiger charge is 2.15. The molecular weight excluding hydrogens is 304 g/mol. The van der Waals surface area contributed by atoms with E-state index in [1.807, 2.05) is 24.4 Å². The van der Waals surface area contributed by atoms with Gasteiger partial charge in [-0.2, -0.15) is 0 Å². The molecule has 4 nitrogen and oxygen atoms in total. The van der Waals surface area contributed by atoms with Crippen molar-refractivity contribution in [1.29, 1.82) is 0 Å². The third-order valence-electron chi connectivity index (χ3n) is 2.78. The maximum absolute atomic E-state index is 12.2. The second-order valence-electron chi connectivity index (χ2n) is 4.34.